The van der Waals surface area contributed by atoms with Gasteiger partial charge in [-0.25, -0.2) is 4.79 Å². The number of rotatable bonds is 10. The van der Waals surface area contributed by atoms with Crippen LogP contribution in [0.5, 0.6) is 17.2 Å². The van der Waals surface area contributed by atoms with Crippen molar-refractivity contribution in [2.24, 2.45) is 0 Å². The summed E-state index contributed by atoms with van der Waals surface area (Å²) < 4.78 is 26.6. The molecule has 0 radical (unpaired) electrons. The van der Waals surface area contributed by atoms with Crippen LogP contribution in [0.2, 0.25) is 0 Å². The van der Waals surface area contributed by atoms with E-state index in [1.807, 2.05) is 0 Å². The minimum atomic E-state index is -0.412. The highest BCUT2D eigenvalue weighted by Crippen LogP contribution is 2.41. The Kier molecular flexibility index (Phi) is 8.14. The predicted octanol–water partition coefficient (Wildman–Crippen LogP) is 3.67. The fourth-order valence-corrected chi connectivity index (χ4v) is 3.38. The quantitative estimate of drug-likeness (QED) is 0.345. The average molecular weight is 474 g/mol. The maximum atomic E-state index is 12.3. The van der Waals surface area contributed by atoms with Crippen LogP contribution in [0.4, 0.5) is 5.69 Å². The monoisotopic (exact) mass is 473 g/mol. The first-order chi connectivity index (χ1) is 16.0. The third kappa shape index (κ3) is 5.95. The lowest BCUT2D eigenvalue weighted by Crippen LogP contribution is -2.14. The highest BCUT2D eigenvalue weighted by atomic mass is 32.2. The summed E-state index contributed by atoms with van der Waals surface area (Å²) in [5, 5.41) is 11.0. The van der Waals surface area contributed by atoms with Gasteiger partial charge < -0.3 is 28.7 Å². The van der Waals surface area contributed by atoms with E-state index in [4.69, 9.17) is 23.4 Å². The lowest BCUT2D eigenvalue weighted by Gasteiger charge is -2.12. The van der Waals surface area contributed by atoms with Crippen molar-refractivity contribution < 1.29 is 33.0 Å². The molecule has 11 heteroatoms. The van der Waals surface area contributed by atoms with Crippen molar-refractivity contribution in [3.8, 4) is 28.7 Å². The first-order valence-electron chi connectivity index (χ1n) is 9.82. The van der Waals surface area contributed by atoms with Gasteiger partial charge >= 0.3 is 5.97 Å². The van der Waals surface area contributed by atoms with Crippen molar-refractivity contribution in [2.45, 2.75) is 12.1 Å². The number of nitrogens with zero attached hydrogens (tertiary/aromatic N) is 2. The molecule has 0 fully saturated rings. The van der Waals surface area contributed by atoms with Gasteiger partial charge in [-0.2, -0.15) is 0 Å². The molecule has 0 aliphatic carbocycles. The fraction of sp³-hybridized carbons (Fsp3) is 0.273. The molecule has 0 spiro atoms. The molecule has 0 saturated heterocycles. The topological polar surface area (TPSA) is 122 Å². The van der Waals surface area contributed by atoms with Crippen molar-refractivity contribution in [1.82, 2.24) is 10.2 Å². The third-order valence-electron chi connectivity index (χ3n) is 4.32. The summed E-state index contributed by atoms with van der Waals surface area (Å²) in [5.41, 5.74) is 1.54. The molecule has 3 aromatic rings. The molecule has 0 atom stereocenters. The molecule has 3 rings (SSSR count). The lowest BCUT2D eigenvalue weighted by molar-refractivity contribution is -0.113. The Labute approximate surface area is 194 Å². The number of carbonyl (C=O) groups is 2. The normalized spacial score (nSPS) is 10.4. The number of amides is 1. The van der Waals surface area contributed by atoms with Gasteiger partial charge in [0.1, 0.15) is 0 Å². The molecule has 0 aliphatic heterocycles. The van der Waals surface area contributed by atoms with E-state index in [-0.39, 0.29) is 22.8 Å². The summed E-state index contributed by atoms with van der Waals surface area (Å²) in [6.45, 7) is 2.03. The molecule has 0 aliphatic rings. The summed E-state index contributed by atoms with van der Waals surface area (Å²) in [6, 6.07) is 9.81. The second kappa shape index (κ2) is 11.2. The lowest BCUT2D eigenvalue weighted by atomic mass is 10.2. The molecule has 0 unspecified atom stereocenters. The molecule has 2 aromatic carbocycles. The molecular weight excluding hydrogens is 450 g/mol. The number of anilines is 1. The van der Waals surface area contributed by atoms with Crippen LogP contribution in [0, 0.1) is 0 Å². The van der Waals surface area contributed by atoms with E-state index >= 15 is 0 Å². The average Bonchev–Trinajstić information content (AvgIpc) is 3.31. The van der Waals surface area contributed by atoms with E-state index in [1.165, 1.54) is 21.3 Å². The Hall–Kier alpha value is -3.73. The van der Waals surface area contributed by atoms with Crippen molar-refractivity contribution in [2.75, 3.05) is 39.0 Å². The number of methoxy groups -OCH3 is 3. The number of nitrogens with one attached hydrogen (secondary N) is 1. The van der Waals surface area contributed by atoms with E-state index in [9.17, 15) is 9.59 Å². The van der Waals surface area contributed by atoms with Gasteiger partial charge in [0.15, 0.2) is 11.5 Å². The SMILES string of the molecule is CCOC(=O)c1ccc(NC(=O)CSc2nnc(-c3cc(OC)c(OC)c(OC)c3)o2)cc1. The van der Waals surface area contributed by atoms with E-state index in [1.54, 1.807) is 43.3 Å². The number of esters is 1. The number of thioether (sulfide) groups is 1. The molecular formula is C22H23N3O7S. The van der Waals surface area contributed by atoms with Crippen LogP contribution in [0.3, 0.4) is 0 Å². The van der Waals surface area contributed by atoms with E-state index in [0.717, 1.165) is 11.8 Å². The van der Waals surface area contributed by atoms with Gasteiger partial charge in [-0.15, -0.1) is 10.2 Å². The van der Waals surface area contributed by atoms with Crippen molar-refractivity contribution >= 4 is 29.3 Å². The Morgan fingerprint density at radius 1 is 1.00 bits per heavy atom. The number of hydrogen-bond donors (Lipinski definition) is 1. The smallest absolute Gasteiger partial charge is 0.338 e. The Morgan fingerprint density at radius 3 is 2.24 bits per heavy atom. The fourth-order valence-electron chi connectivity index (χ4n) is 2.82. The third-order valence-corrected chi connectivity index (χ3v) is 5.14. The summed E-state index contributed by atoms with van der Waals surface area (Å²) >= 11 is 1.09. The van der Waals surface area contributed by atoms with Crippen LogP contribution in [0.15, 0.2) is 46.0 Å². The second-order valence-corrected chi connectivity index (χ2v) is 7.35. The van der Waals surface area contributed by atoms with Gasteiger partial charge in [0, 0.05) is 11.3 Å². The minimum absolute atomic E-state index is 0.0521. The molecule has 33 heavy (non-hydrogen) atoms. The largest absolute Gasteiger partial charge is 0.493 e. The Balaban J connectivity index is 1.61. The zero-order chi connectivity index (χ0) is 23.8. The Bertz CT molecular complexity index is 1090. The first-order valence-corrected chi connectivity index (χ1v) is 10.8. The van der Waals surface area contributed by atoms with E-state index in [0.29, 0.717) is 40.7 Å². The highest BCUT2D eigenvalue weighted by Gasteiger charge is 2.18. The Morgan fingerprint density at radius 2 is 1.67 bits per heavy atom. The number of hydrogen-bond acceptors (Lipinski definition) is 10. The van der Waals surface area contributed by atoms with Gasteiger partial charge in [-0.1, -0.05) is 11.8 Å². The number of benzene rings is 2. The van der Waals surface area contributed by atoms with Crippen LogP contribution < -0.4 is 19.5 Å². The van der Waals surface area contributed by atoms with Gasteiger partial charge in [0.25, 0.3) is 5.22 Å². The molecule has 1 amide bonds. The van der Waals surface area contributed by atoms with Crippen LogP contribution in [-0.4, -0.2) is 55.8 Å². The van der Waals surface area contributed by atoms with Crippen molar-refractivity contribution in [1.29, 1.82) is 0 Å². The summed E-state index contributed by atoms with van der Waals surface area (Å²) in [5.74, 6) is 0.967. The van der Waals surface area contributed by atoms with E-state index in [2.05, 4.69) is 15.5 Å². The molecule has 0 saturated carbocycles. The molecule has 1 heterocycles. The number of aromatic nitrogens is 2. The van der Waals surface area contributed by atoms with Crippen LogP contribution in [0.1, 0.15) is 17.3 Å². The maximum absolute atomic E-state index is 12.3. The predicted molar refractivity (Wildman–Crippen MR) is 121 cm³/mol. The summed E-state index contributed by atoms with van der Waals surface area (Å²) in [4.78, 5) is 24.0. The zero-order valence-electron chi connectivity index (χ0n) is 18.5. The van der Waals surface area contributed by atoms with Gasteiger partial charge in [-0.05, 0) is 43.3 Å². The van der Waals surface area contributed by atoms with Gasteiger partial charge in [0.2, 0.25) is 17.5 Å². The van der Waals surface area contributed by atoms with Crippen LogP contribution in [-0.2, 0) is 9.53 Å². The first kappa shape index (κ1) is 23.9. The molecule has 174 valence electrons. The number of ether oxygens (including phenoxy) is 4. The van der Waals surface area contributed by atoms with E-state index < -0.39 is 5.97 Å². The molecule has 10 nitrogen and oxygen atoms in total. The maximum Gasteiger partial charge on any atom is 0.338 e. The highest BCUT2D eigenvalue weighted by molar-refractivity contribution is 7.99. The minimum Gasteiger partial charge on any atom is -0.493 e. The summed E-state index contributed by atoms with van der Waals surface area (Å²) in [7, 11) is 4.54. The zero-order valence-corrected chi connectivity index (χ0v) is 19.4. The van der Waals surface area contributed by atoms with Crippen LogP contribution in [0.25, 0.3) is 11.5 Å². The standard InChI is InChI=1S/C22H23N3O7S/c1-5-31-21(27)13-6-8-15(9-7-13)23-18(26)12-33-22-25-24-20(32-22)14-10-16(28-2)19(30-4)17(11-14)29-3/h6-11H,5,12H2,1-4H3,(H,23,26). The van der Waals surface area contributed by atoms with Crippen LogP contribution >= 0.6 is 11.8 Å². The molecule has 1 N–H and O–H groups in total. The van der Waals surface area contributed by atoms with Crippen molar-refractivity contribution in [3.05, 3.63) is 42.0 Å². The second-order valence-electron chi connectivity index (χ2n) is 6.42. The summed E-state index contributed by atoms with van der Waals surface area (Å²) in [6.07, 6.45) is 0. The number of carbonyl (C=O) groups excluding carboxylic acids is 2. The van der Waals surface area contributed by atoms with Gasteiger partial charge in [0.05, 0.1) is 39.3 Å². The molecule has 0 bridgehead atoms. The van der Waals surface area contributed by atoms with Gasteiger partial charge in [-0.3, -0.25) is 4.79 Å². The van der Waals surface area contributed by atoms with Crippen molar-refractivity contribution in [3.63, 3.8) is 0 Å². The molecule has 1 aromatic heterocycles.